The fourth-order valence-corrected chi connectivity index (χ4v) is 2.76. The predicted molar refractivity (Wildman–Crippen MR) is 83.7 cm³/mol. The summed E-state index contributed by atoms with van der Waals surface area (Å²) in [6, 6.07) is 12.3. The molecule has 0 aliphatic heterocycles. The predicted octanol–water partition coefficient (Wildman–Crippen LogP) is 5.44. The van der Waals surface area contributed by atoms with Gasteiger partial charge in [0.05, 0.1) is 21.1 Å². The summed E-state index contributed by atoms with van der Waals surface area (Å²) >= 11 is 18.3. The Morgan fingerprint density at radius 1 is 0.950 bits per heavy atom. The maximum Gasteiger partial charge on any atom is 0.152 e. The summed E-state index contributed by atoms with van der Waals surface area (Å²) in [4.78, 5) is 0. The highest BCUT2D eigenvalue weighted by molar-refractivity contribution is 6.42. The quantitative estimate of drug-likeness (QED) is 0.681. The summed E-state index contributed by atoms with van der Waals surface area (Å²) in [6.45, 7) is 0. The lowest BCUT2D eigenvalue weighted by Gasteiger charge is -2.11. The minimum absolute atomic E-state index is 0.438. The summed E-state index contributed by atoms with van der Waals surface area (Å²) in [5.74, 6) is 0.595. The third-order valence-electron chi connectivity index (χ3n) is 3.14. The van der Waals surface area contributed by atoms with Crippen molar-refractivity contribution in [3.8, 4) is 0 Å². The van der Waals surface area contributed by atoms with Crippen LogP contribution >= 0.6 is 34.8 Å². The van der Waals surface area contributed by atoms with Crippen molar-refractivity contribution < 1.29 is 4.42 Å². The second kappa shape index (κ2) is 5.30. The third kappa shape index (κ3) is 2.29. The van der Waals surface area contributed by atoms with Gasteiger partial charge in [-0.05, 0) is 23.8 Å². The monoisotopic (exact) mass is 325 g/mol. The summed E-state index contributed by atoms with van der Waals surface area (Å²) < 4.78 is 5.75. The number of rotatable bonds is 2. The van der Waals surface area contributed by atoms with Crippen molar-refractivity contribution in [2.75, 3.05) is 0 Å². The SMILES string of the molecule is NC(c1cc2cccc(Cl)c2o1)c1cccc(Cl)c1Cl. The van der Waals surface area contributed by atoms with Crippen LogP contribution in [-0.4, -0.2) is 0 Å². The zero-order valence-electron chi connectivity index (χ0n) is 10.2. The molecule has 2 aromatic carbocycles. The van der Waals surface area contributed by atoms with Gasteiger partial charge in [-0.2, -0.15) is 0 Å². The van der Waals surface area contributed by atoms with E-state index in [0.717, 1.165) is 5.39 Å². The average Bonchev–Trinajstić information content (AvgIpc) is 2.87. The number of hydrogen-bond acceptors (Lipinski definition) is 2. The lowest BCUT2D eigenvalue weighted by atomic mass is 10.1. The van der Waals surface area contributed by atoms with E-state index in [0.29, 0.717) is 32.0 Å². The summed E-state index contributed by atoms with van der Waals surface area (Å²) in [7, 11) is 0. The second-order valence-electron chi connectivity index (χ2n) is 4.43. The van der Waals surface area contributed by atoms with Crippen molar-refractivity contribution in [3.05, 3.63) is 68.9 Å². The Hall–Kier alpha value is -1.19. The van der Waals surface area contributed by atoms with Gasteiger partial charge in [-0.3, -0.25) is 0 Å². The molecule has 3 rings (SSSR count). The molecule has 0 bridgehead atoms. The van der Waals surface area contributed by atoms with Gasteiger partial charge in [-0.15, -0.1) is 0 Å². The van der Waals surface area contributed by atoms with Crippen LogP contribution in [0.4, 0.5) is 0 Å². The molecule has 0 aliphatic rings. The molecule has 2 N–H and O–H groups in total. The maximum atomic E-state index is 6.22. The van der Waals surface area contributed by atoms with Crippen LogP contribution in [0.2, 0.25) is 15.1 Å². The van der Waals surface area contributed by atoms with E-state index in [2.05, 4.69) is 0 Å². The highest BCUT2D eigenvalue weighted by Crippen LogP contribution is 2.35. The molecular formula is C15H10Cl3NO. The topological polar surface area (TPSA) is 39.2 Å². The van der Waals surface area contributed by atoms with Crippen LogP contribution in [0.3, 0.4) is 0 Å². The van der Waals surface area contributed by atoms with Crippen molar-refractivity contribution in [2.45, 2.75) is 6.04 Å². The largest absolute Gasteiger partial charge is 0.457 e. The van der Waals surface area contributed by atoms with Gasteiger partial charge in [-0.1, -0.05) is 59.1 Å². The van der Waals surface area contributed by atoms with Crippen molar-refractivity contribution in [2.24, 2.45) is 5.73 Å². The molecule has 2 nitrogen and oxygen atoms in total. The molecular weight excluding hydrogens is 317 g/mol. The van der Waals surface area contributed by atoms with Crippen LogP contribution in [0, 0.1) is 0 Å². The number of nitrogens with two attached hydrogens (primary N) is 1. The second-order valence-corrected chi connectivity index (χ2v) is 5.62. The summed E-state index contributed by atoms with van der Waals surface area (Å²) in [5, 5.41) is 2.36. The van der Waals surface area contributed by atoms with Gasteiger partial charge in [0.2, 0.25) is 0 Å². The maximum absolute atomic E-state index is 6.22. The first-order valence-electron chi connectivity index (χ1n) is 5.95. The molecule has 5 heteroatoms. The summed E-state index contributed by atoms with van der Waals surface area (Å²) in [5.41, 5.74) is 7.56. The number of halogens is 3. The average molecular weight is 327 g/mol. The lowest BCUT2D eigenvalue weighted by molar-refractivity contribution is 0.525. The molecule has 0 saturated carbocycles. The Morgan fingerprint density at radius 3 is 2.40 bits per heavy atom. The first-order chi connectivity index (χ1) is 9.58. The van der Waals surface area contributed by atoms with E-state index in [4.69, 9.17) is 45.0 Å². The molecule has 1 aromatic heterocycles. The van der Waals surface area contributed by atoms with Crippen molar-refractivity contribution in [1.29, 1.82) is 0 Å². The van der Waals surface area contributed by atoms with Gasteiger partial charge >= 0.3 is 0 Å². The smallest absolute Gasteiger partial charge is 0.152 e. The molecule has 0 amide bonds. The number of hydrogen-bond donors (Lipinski definition) is 1. The number of benzene rings is 2. The normalized spacial score (nSPS) is 12.8. The van der Waals surface area contributed by atoms with E-state index in [1.165, 1.54) is 0 Å². The highest BCUT2D eigenvalue weighted by atomic mass is 35.5. The Morgan fingerprint density at radius 2 is 1.65 bits per heavy atom. The van der Waals surface area contributed by atoms with E-state index in [9.17, 15) is 0 Å². The van der Waals surface area contributed by atoms with E-state index < -0.39 is 6.04 Å². The Bertz CT molecular complexity index is 782. The van der Waals surface area contributed by atoms with Gasteiger partial charge in [0.15, 0.2) is 5.58 Å². The molecule has 0 aliphatic carbocycles. The van der Waals surface area contributed by atoms with Crippen LogP contribution in [0.25, 0.3) is 11.0 Å². The van der Waals surface area contributed by atoms with E-state index in [-0.39, 0.29) is 0 Å². The molecule has 1 atom stereocenters. The molecule has 1 heterocycles. The number of para-hydroxylation sites is 1. The Balaban J connectivity index is 2.10. The van der Waals surface area contributed by atoms with E-state index in [1.54, 1.807) is 18.2 Å². The van der Waals surface area contributed by atoms with Gasteiger partial charge < -0.3 is 10.2 Å². The molecule has 102 valence electrons. The standard InChI is InChI=1S/C15H10Cl3NO/c16-10-5-2-4-9(13(10)18)14(19)12-7-8-3-1-6-11(17)15(8)20-12/h1-7,14H,19H2. The lowest BCUT2D eigenvalue weighted by Crippen LogP contribution is -2.11. The molecule has 3 aromatic rings. The molecule has 0 fully saturated rings. The molecule has 1 unspecified atom stereocenters. The van der Waals surface area contributed by atoms with Crippen LogP contribution in [-0.2, 0) is 0 Å². The molecule has 0 spiro atoms. The minimum Gasteiger partial charge on any atom is -0.457 e. The third-order valence-corrected chi connectivity index (χ3v) is 4.27. The molecule has 0 radical (unpaired) electrons. The zero-order valence-corrected chi connectivity index (χ0v) is 12.5. The van der Waals surface area contributed by atoms with Crippen molar-refractivity contribution in [1.82, 2.24) is 0 Å². The van der Waals surface area contributed by atoms with E-state index in [1.807, 2.05) is 24.3 Å². The fourth-order valence-electron chi connectivity index (χ4n) is 2.11. The van der Waals surface area contributed by atoms with Crippen LogP contribution in [0.1, 0.15) is 17.4 Å². The van der Waals surface area contributed by atoms with Crippen LogP contribution in [0.15, 0.2) is 46.9 Å². The van der Waals surface area contributed by atoms with Gasteiger partial charge in [0.25, 0.3) is 0 Å². The summed E-state index contributed by atoms with van der Waals surface area (Å²) in [6.07, 6.45) is 0. The van der Waals surface area contributed by atoms with Crippen molar-refractivity contribution >= 4 is 45.8 Å². The van der Waals surface area contributed by atoms with Crippen LogP contribution < -0.4 is 5.73 Å². The highest BCUT2D eigenvalue weighted by Gasteiger charge is 2.18. The first kappa shape index (κ1) is 13.8. The molecule has 0 saturated heterocycles. The number of furan rings is 1. The van der Waals surface area contributed by atoms with Crippen LogP contribution in [0.5, 0.6) is 0 Å². The van der Waals surface area contributed by atoms with Gasteiger partial charge in [-0.25, -0.2) is 0 Å². The Labute approximate surface area is 131 Å². The first-order valence-corrected chi connectivity index (χ1v) is 7.09. The van der Waals surface area contributed by atoms with Gasteiger partial charge in [0, 0.05) is 5.39 Å². The molecule has 20 heavy (non-hydrogen) atoms. The van der Waals surface area contributed by atoms with Crippen molar-refractivity contribution in [3.63, 3.8) is 0 Å². The zero-order chi connectivity index (χ0) is 14.3. The number of fused-ring (bicyclic) bond motifs is 1. The fraction of sp³-hybridized carbons (Fsp3) is 0.0667. The van der Waals surface area contributed by atoms with Gasteiger partial charge in [0.1, 0.15) is 5.76 Å². The van der Waals surface area contributed by atoms with E-state index >= 15 is 0 Å². The minimum atomic E-state index is -0.496. The Kier molecular flexibility index (Phi) is 3.65.